The van der Waals surface area contributed by atoms with Gasteiger partial charge >= 0.3 is 0 Å². The molecule has 4 aromatic carbocycles. The molecule has 5 aromatic rings. The monoisotopic (exact) mass is 401 g/mol. The summed E-state index contributed by atoms with van der Waals surface area (Å²) in [6, 6.07) is 38.7. The molecule has 0 aliphatic rings. The van der Waals surface area contributed by atoms with Crippen molar-refractivity contribution >= 4 is 0 Å². The molecular weight excluding hydrogens is 376 g/mol. The number of nitrogens with zero attached hydrogens (tertiary/aromatic N) is 2. The average molecular weight is 402 g/mol. The molecule has 2 heteroatoms. The molecule has 0 aliphatic heterocycles. The molecule has 0 saturated heterocycles. The van der Waals surface area contributed by atoms with Gasteiger partial charge in [-0.1, -0.05) is 97.1 Å². The number of rotatable bonds is 4. The van der Waals surface area contributed by atoms with E-state index in [-0.39, 0.29) is 0 Å². The van der Waals surface area contributed by atoms with Gasteiger partial charge in [-0.25, -0.2) is 0 Å². The zero-order chi connectivity index (χ0) is 21.2. The summed E-state index contributed by atoms with van der Waals surface area (Å²) in [5, 5.41) is 0. The van der Waals surface area contributed by atoms with Crippen molar-refractivity contribution in [1.29, 1.82) is 0 Å². The molecule has 0 saturated carbocycles. The molecular formula is C29H25N2+. The standard InChI is InChI=1S/C29H25N2/c1-22-12-9-10-19-27(22)31-28(20-21-30(31)2)29-25(23-13-5-3-6-14-23)17-11-18-26(29)24-15-7-4-8-16-24/h3-21H,1-2H3/q+1. The first kappa shape index (κ1) is 19.1. The Bertz CT molecular complexity index is 1270. The average Bonchev–Trinajstić information content (AvgIpc) is 3.21. The normalized spacial score (nSPS) is 10.9. The predicted molar refractivity (Wildman–Crippen MR) is 128 cm³/mol. The lowest BCUT2D eigenvalue weighted by atomic mass is 9.90. The number of aromatic nitrogens is 2. The Balaban J connectivity index is 1.86. The van der Waals surface area contributed by atoms with E-state index in [0.717, 1.165) is 0 Å². The van der Waals surface area contributed by atoms with Crippen molar-refractivity contribution in [2.45, 2.75) is 6.92 Å². The molecule has 0 fully saturated rings. The molecule has 0 spiro atoms. The summed E-state index contributed by atoms with van der Waals surface area (Å²) in [7, 11) is 2.10. The molecule has 31 heavy (non-hydrogen) atoms. The van der Waals surface area contributed by atoms with E-state index in [1.165, 1.54) is 44.8 Å². The largest absolute Gasteiger partial charge is 0.196 e. The van der Waals surface area contributed by atoms with E-state index >= 15 is 0 Å². The third-order valence-electron chi connectivity index (χ3n) is 5.83. The van der Waals surface area contributed by atoms with Crippen LogP contribution in [0.5, 0.6) is 0 Å². The lowest BCUT2D eigenvalue weighted by Gasteiger charge is -2.17. The van der Waals surface area contributed by atoms with Gasteiger partial charge in [0.15, 0.2) is 13.2 Å². The first-order chi connectivity index (χ1) is 15.2. The minimum absolute atomic E-state index is 1.18. The van der Waals surface area contributed by atoms with Gasteiger partial charge in [-0.2, -0.15) is 0 Å². The van der Waals surface area contributed by atoms with Gasteiger partial charge in [-0.3, -0.25) is 0 Å². The fourth-order valence-corrected chi connectivity index (χ4v) is 4.32. The first-order valence-electron chi connectivity index (χ1n) is 10.6. The summed E-state index contributed by atoms with van der Waals surface area (Å²) < 4.78 is 4.47. The summed E-state index contributed by atoms with van der Waals surface area (Å²) in [4.78, 5) is 0. The molecule has 0 atom stereocenters. The van der Waals surface area contributed by atoms with Crippen LogP contribution in [-0.4, -0.2) is 4.68 Å². The Morgan fingerprint density at radius 3 is 1.71 bits per heavy atom. The highest BCUT2D eigenvalue weighted by molar-refractivity contribution is 5.93. The molecule has 0 amide bonds. The molecule has 1 aromatic heterocycles. The predicted octanol–water partition coefficient (Wildman–Crippen LogP) is 6.61. The smallest absolute Gasteiger partial charge is 0.120 e. The van der Waals surface area contributed by atoms with Crippen LogP contribution in [0, 0.1) is 6.92 Å². The fraction of sp³-hybridized carbons (Fsp3) is 0.0690. The highest BCUT2D eigenvalue weighted by Gasteiger charge is 2.23. The third-order valence-corrected chi connectivity index (χ3v) is 5.83. The van der Waals surface area contributed by atoms with Crippen LogP contribution >= 0.6 is 0 Å². The lowest BCUT2D eigenvalue weighted by molar-refractivity contribution is -0.743. The Hall–Kier alpha value is -3.91. The summed E-state index contributed by atoms with van der Waals surface area (Å²) >= 11 is 0. The van der Waals surface area contributed by atoms with Gasteiger partial charge in [-0.05, 0) is 40.8 Å². The van der Waals surface area contributed by atoms with E-state index in [2.05, 4.69) is 139 Å². The lowest BCUT2D eigenvalue weighted by Crippen LogP contribution is -2.37. The van der Waals surface area contributed by atoms with E-state index in [4.69, 9.17) is 0 Å². The number of benzene rings is 4. The maximum Gasteiger partial charge on any atom is 0.196 e. The number of para-hydroxylation sites is 1. The summed E-state index contributed by atoms with van der Waals surface area (Å²) in [5.74, 6) is 0. The van der Waals surface area contributed by atoms with Gasteiger partial charge < -0.3 is 0 Å². The van der Waals surface area contributed by atoms with Crippen molar-refractivity contribution in [2.24, 2.45) is 7.05 Å². The van der Waals surface area contributed by atoms with Crippen molar-refractivity contribution < 1.29 is 4.68 Å². The summed E-state index contributed by atoms with van der Waals surface area (Å²) in [6.07, 6.45) is 2.14. The second-order valence-corrected chi connectivity index (χ2v) is 7.83. The maximum atomic E-state index is 2.31. The van der Waals surface area contributed by atoms with Crippen LogP contribution < -0.4 is 4.68 Å². The fourth-order valence-electron chi connectivity index (χ4n) is 4.32. The Kier molecular flexibility index (Phi) is 4.97. The van der Waals surface area contributed by atoms with Crippen molar-refractivity contribution in [2.75, 3.05) is 0 Å². The zero-order valence-electron chi connectivity index (χ0n) is 17.9. The molecule has 0 N–H and O–H groups in total. The van der Waals surface area contributed by atoms with E-state index < -0.39 is 0 Å². The van der Waals surface area contributed by atoms with E-state index in [0.29, 0.717) is 0 Å². The minimum Gasteiger partial charge on any atom is -0.120 e. The maximum absolute atomic E-state index is 2.31. The van der Waals surface area contributed by atoms with Crippen LogP contribution in [-0.2, 0) is 7.05 Å². The van der Waals surface area contributed by atoms with Gasteiger partial charge in [0.1, 0.15) is 11.4 Å². The molecule has 150 valence electrons. The Morgan fingerprint density at radius 1 is 0.581 bits per heavy atom. The summed E-state index contributed by atoms with van der Waals surface area (Å²) in [5.41, 5.74) is 9.75. The van der Waals surface area contributed by atoms with Gasteiger partial charge in [0.05, 0.1) is 0 Å². The second-order valence-electron chi connectivity index (χ2n) is 7.83. The SMILES string of the molecule is Cc1ccccc1-n1c(-c2c(-c3ccccc3)cccc2-c2ccccc2)cc[n+]1C. The van der Waals surface area contributed by atoms with Crippen molar-refractivity contribution in [3.8, 4) is 39.2 Å². The van der Waals surface area contributed by atoms with Crippen LogP contribution in [0.25, 0.3) is 39.2 Å². The van der Waals surface area contributed by atoms with Gasteiger partial charge in [0, 0.05) is 11.6 Å². The number of hydrogen-bond acceptors (Lipinski definition) is 0. The second kappa shape index (κ2) is 8.08. The molecule has 0 aliphatic carbocycles. The number of aryl methyl sites for hydroxylation is 2. The van der Waals surface area contributed by atoms with Crippen LogP contribution in [0.2, 0.25) is 0 Å². The van der Waals surface area contributed by atoms with Gasteiger partial charge in [0.25, 0.3) is 0 Å². The third kappa shape index (κ3) is 3.47. The van der Waals surface area contributed by atoms with Crippen LogP contribution in [0.1, 0.15) is 5.56 Å². The summed E-state index contributed by atoms with van der Waals surface area (Å²) in [6.45, 7) is 2.17. The minimum atomic E-state index is 1.18. The molecule has 0 unspecified atom stereocenters. The van der Waals surface area contributed by atoms with E-state index in [1.807, 2.05) is 0 Å². The topological polar surface area (TPSA) is 8.81 Å². The quantitative estimate of drug-likeness (QED) is 0.300. The van der Waals surface area contributed by atoms with E-state index in [1.54, 1.807) is 0 Å². The molecule has 0 bridgehead atoms. The van der Waals surface area contributed by atoms with Gasteiger partial charge in [0.2, 0.25) is 0 Å². The Labute approximate surface area is 183 Å². The van der Waals surface area contributed by atoms with Gasteiger partial charge in [-0.15, -0.1) is 9.36 Å². The highest BCUT2D eigenvalue weighted by Crippen LogP contribution is 2.40. The Morgan fingerprint density at radius 2 is 1.13 bits per heavy atom. The van der Waals surface area contributed by atoms with Crippen molar-refractivity contribution in [3.05, 3.63) is 121 Å². The van der Waals surface area contributed by atoms with E-state index in [9.17, 15) is 0 Å². The van der Waals surface area contributed by atoms with Crippen LogP contribution in [0.4, 0.5) is 0 Å². The van der Waals surface area contributed by atoms with Crippen molar-refractivity contribution in [1.82, 2.24) is 4.68 Å². The van der Waals surface area contributed by atoms with Crippen LogP contribution in [0.3, 0.4) is 0 Å². The highest BCUT2D eigenvalue weighted by atomic mass is 15.4. The first-order valence-corrected chi connectivity index (χ1v) is 10.6. The zero-order valence-corrected chi connectivity index (χ0v) is 17.9. The molecule has 5 rings (SSSR count). The molecule has 2 nitrogen and oxygen atoms in total. The molecule has 0 radical (unpaired) electrons. The molecule has 1 heterocycles. The van der Waals surface area contributed by atoms with Crippen molar-refractivity contribution in [3.63, 3.8) is 0 Å². The van der Waals surface area contributed by atoms with Crippen LogP contribution in [0.15, 0.2) is 115 Å². The number of hydrogen-bond donors (Lipinski definition) is 0.